The number of carbonyl (C=O) groups is 1. The van der Waals surface area contributed by atoms with Gasteiger partial charge < -0.3 is 10.1 Å². The predicted molar refractivity (Wildman–Crippen MR) is 100 cm³/mol. The fourth-order valence-electron chi connectivity index (χ4n) is 1.86. The van der Waals surface area contributed by atoms with E-state index >= 15 is 0 Å². The quantitative estimate of drug-likeness (QED) is 0.380. The molecule has 0 atom stereocenters. The zero-order chi connectivity index (χ0) is 17.2. The molecule has 1 heterocycles. The maximum atomic E-state index is 11.9. The number of aryl methyl sites for hydroxylation is 1. The smallest absolute Gasteiger partial charge is 0.226 e. The van der Waals surface area contributed by atoms with E-state index in [2.05, 4.69) is 22.4 Å². The molecule has 0 aliphatic carbocycles. The average molecular weight is 366 g/mol. The number of hydrogen-bond acceptors (Lipinski definition) is 6. The van der Waals surface area contributed by atoms with Gasteiger partial charge in [0.2, 0.25) is 11.0 Å². The second kappa shape index (κ2) is 10.3. The Kier molecular flexibility index (Phi) is 8.04. The summed E-state index contributed by atoms with van der Waals surface area (Å²) in [5, 5.41) is 11.4. The van der Waals surface area contributed by atoms with Gasteiger partial charge in [0.25, 0.3) is 0 Å². The van der Waals surface area contributed by atoms with E-state index in [0.717, 1.165) is 22.3 Å². The number of hydrogen-bond donors (Lipinski definition) is 1. The summed E-state index contributed by atoms with van der Waals surface area (Å²) < 4.78 is 6.52. The molecule has 1 aromatic carbocycles. The van der Waals surface area contributed by atoms with E-state index in [1.54, 1.807) is 11.8 Å². The first-order valence-corrected chi connectivity index (χ1v) is 9.93. The summed E-state index contributed by atoms with van der Waals surface area (Å²) in [4.78, 5) is 11.9. The van der Waals surface area contributed by atoms with Crippen LogP contribution in [0.2, 0.25) is 0 Å². The molecule has 5 nitrogen and oxygen atoms in total. The third-order valence-corrected chi connectivity index (χ3v) is 5.27. The van der Waals surface area contributed by atoms with Crippen LogP contribution >= 0.6 is 23.1 Å². The van der Waals surface area contributed by atoms with Gasteiger partial charge in [-0.1, -0.05) is 54.1 Å². The number of nitrogens with one attached hydrogen (secondary N) is 1. The first-order valence-electron chi connectivity index (χ1n) is 8.13. The van der Waals surface area contributed by atoms with Gasteiger partial charge in [-0.2, -0.15) is 0 Å². The van der Waals surface area contributed by atoms with E-state index in [1.165, 1.54) is 23.3 Å². The van der Waals surface area contributed by atoms with Gasteiger partial charge in [-0.05, 0) is 31.9 Å². The Balaban J connectivity index is 1.63. The molecule has 24 heavy (non-hydrogen) atoms. The maximum absolute atomic E-state index is 11.9. The monoisotopic (exact) mass is 365 g/mol. The highest BCUT2D eigenvalue weighted by Crippen LogP contribution is 2.26. The molecule has 1 amide bonds. The Morgan fingerprint density at radius 2 is 2.04 bits per heavy atom. The van der Waals surface area contributed by atoms with E-state index in [-0.39, 0.29) is 5.91 Å². The Labute approximate surface area is 151 Å². The van der Waals surface area contributed by atoms with E-state index in [0.29, 0.717) is 24.6 Å². The van der Waals surface area contributed by atoms with Crippen molar-refractivity contribution in [3.05, 3.63) is 29.8 Å². The number of rotatable bonds is 10. The normalized spacial score (nSPS) is 10.6. The van der Waals surface area contributed by atoms with Crippen molar-refractivity contribution in [2.75, 3.05) is 17.7 Å². The lowest BCUT2D eigenvalue weighted by molar-refractivity contribution is -0.116. The summed E-state index contributed by atoms with van der Waals surface area (Å²) in [6.07, 6.45) is 3.40. The third kappa shape index (κ3) is 6.88. The molecule has 130 valence electrons. The van der Waals surface area contributed by atoms with Gasteiger partial charge >= 0.3 is 0 Å². The fourth-order valence-corrected chi connectivity index (χ4v) is 3.78. The number of aromatic nitrogens is 2. The van der Waals surface area contributed by atoms with Crippen LogP contribution in [0.15, 0.2) is 28.6 Å². The van der Waals surface area contributed by atoms with E-state index < -0.39 is 0 Å². The van der Waals surface area contributed by atoms with E-state index in [9.17, 15) is 4.79 Å². The molecule has 7 heteroatoms. The molecule has 2 rings (SSSR count). The molecular formula is C17H23N3O2S2. The Morgan fingerprint density at radius 3 is 2.79 bits per heavy atom. The fraction of sp³-hybridized carbons (Fsp3) is 0.471. The highest BCUT2D eigenvalue weighted by atomic mass is 32.2. The number of amides is 1. The number of nitrogens with zero attached hydrogens (tertiary/aromatic N) is 2. The van der Waals surface area contributed by atoms with Gasteiger partial charge in [-0.3, -0.25) is 4.79 Å². The zero-order valence-electron chi connectivity index (χ0n) is 14.1. The lowest BCUT2D eigenvalue weighted by atomic mass is 10.2. The van der Waals surface area contributed by atoms with Gasteiger partial charge in [0.05, 0.1) is 6.61 Å². The lowest BCUT2D eigenvalue weighted by Gasteiger charge is -2.06. The zero-order valence-corrected chi connectivity index (χ0v) is 15.7. The molecule has 0 aliphatic rings. The minimum Gasteiger partial charge on any atom is -0.494 e. The van der Waals surface area contributed by atoms with Crippen LogP contribution in [0.4, 0.5) is 5.13 Å². The summed E-state index contributed by atoms with van der Waals surface area (Å²) in [5.41, 5.74) is 1.20. The van der Waals surface area contributed by atoms with Crippen molar-refractivity contribution < 1.29 is 9.53 Å². The highest BCUT2D eigenvalue weighted by Gasteiger charge is 2.08. The summed E-state index contributed by atoms with van der Waals surface area (Å²) >= 11 is 3.11. The van der Waals surface area contributed by atoms with E-state index in [1.807, 2.05) is 31.2 Å². The van der Waals surface area contributed by atoms with Crippen molar-refractivity contribution in [2.24, 2.45) is 0 Å². The van der Waals surface area contributed by atoms with Crippen molar-refractivity contribution in [3.63, 3.8) is 0 Å². The number of benzene rings is 1. The molecule has 1 N–H and O–H groups in total. The van der Waals surface area contributed by atoms with Gasteiger partial charge in [0, 0.05) is 12.2 Å². The molecule has 0 spiro atoms. The van der Waals surface area contributed by atoms with Gasteiger partial charge in [0.1, 0.15) is 5.75 Å². The number of unbranched alkanes of at least 4 members (excludes halogenated alkanes) is 1. The predicted octanol–water partition coefficient (Wildman–Crippen LogP) is 4.54. The number of thioether (sulfide) groups is 1. The topological polar surface area (TPSA) is 64.1 Å². The molecule has 0 unspecified atom stereocenters. The van der Waals surface area contributed by atoms with Gasteiger partial charge in [0.15, 0.2) is 4.34 Å². The maximum Gasteiger partial charge on any atom is 0.226 e. The van der Waals surface area contributed by atoms with Gasteiger partial charge in [-0.25, -0.2) is 0 Å². The van der Waals surface area contributed by atoms with Crippen LogP contribution in [0.25, 0.3) is 0 Å². The summed E-state index contributed by atoms with van der Waals surface area (Å²) in [7, 11) is 0. The van der Waals surface area contributed by atoms with Crippen LogP contribution in [0.5, 0.6) is 5.75 Å². The molecule has 0 bridgehead atoms. The average Bonchev–Trinajstić information content (AvgIpc) is 3.01. The first-order chi connectivity index (χ1) is 11.7. The molecule has 1 aromatic heterocycles. The Hall–Kier alpha value is -1.60. The molecule has 0 fully saturated rings. The highest BCUT2D eigenvalue weighted by molar-refractivity contribution is 8.01. The van der Waals surface area contributed by atoms with Crippen LogP contribution in [0.1, 0.15) is 38.2 Å². The van der Waals surface area contributed by atoms with Crippen LogP contribution in [0.3, 0.4) is 0 Å². The first kappa shape index (κ1) is 18.7. The van der Waals surface area contributed by atoms with Crippen molar-refractivity contribution in [1.29, 1.82) is 0 Å². The van der Waals surface area contributed by atoms with E-state index in [4.69, 9.17) is 4.74 Å². The van der Waals surface area contributed by atoms with Gasteiger partial charge in [-0.15, -0.1) is 10.2 Å². The third-order valence-electron chi connectivity index (χ3n) is 3.21. The Morgan fingerprint density at radius 1 is 1.25 bits per heavy atom. The number of carbonyl (C=O) groups excluding carboxylic acids is 1. The lowest BCUT2D eigenvalue weighted by Crippen LogP contribution is -2.12. The summed E-state index contributed by atoms with van der Waals surface area (Å²) in [5.74, 6) is 1.82. The standard InChI is InChI=1S/C17H23N3O2S2/c1-3-4-12-23-17-20-19-16(24-17)18-15(21)6-5-11-22-14-9-7-13(2)8-10-14/h7-10H,3-6,11-12H2,1-2H3,(H,18,19,21). The Bertz CT molecular complexity index is 629. The molecule has 2 aromatic rings. The van der Waals surface area contributed by atoms with Crippen molar-refractivity contribution >= 4 is 34.1 Å². The molecular weight excluding hydrogens is 342 g/mol. The number of anilines is 1. The second-order valence-corrected chi connectivity index (χ2v) is 7.71. The molecule has 0 saturated heterocycles. The summed E-state index contributed by atoms with van der Waals surface area (Å²) in [6.45, 7) is 4.72. The van der Waals surface area contributed by atoms with Crippen molar-refractivity contribution in [3.8, 4) is 5.75 Å². The summed E-state index contributed by atoms with van der Waals surface area (Å²) in [6, 6.07) is 7.89. The van der Waals surface area contributed by atoms with Crippen molar-refractivity contribution in [2.45, 2.75) is 43.9 Å². The SMILES string of the molecule is CCCCSc1nnc(NC(=O)CCCOc2ccc(C)cc2)s1. The molecule has 0 saturated carbocycles. The van der Waals surface area contributed by atoms with Crippen LogP contribution in [-0.2, 0) is 4.79 Å². The largest absolute Gasteiger partial charge is 0.494 e. The molecule has 0 radical (unpaired) electrons. The van der Waals surface area contributed by atoms with Crippen LogP contribution in [-0.4, -0.2) is 28.5 Å². The second-order valence-electron chi connectivity index (χ2n) is 5.39. The van der Waals surface area contributed by atoms with Crippen LogP contribution in [0, 0.1) is 6.92 Å². The number of ether oxygens (including phenoxy) is 1. The van der Waals surface area contributed by atoms with Crippen molar-refractivity contribution in [1.82, 2.24) is 10.2 Å². The molecule has 0 aliphatic heterocycles. The minimum absolute atomic E-state index is 0.0521. The minimum atomic E-state index is -0.0521. The van der Waals surface area contributed by atoms with Crippen LogP contribution < -0.4 is 10.1 Å².